The van der Waals surface area contributed by atoms with Crippen molar-refractivity contribution in [3.63, 3.8) is 0 Å². The van der Waals surface area contributed by atoms with Crippen molar-refractivity contribution in [1.82, 2.24) is 24.1 Å². The highest BCUT2D eigenvalue weighted by Crippen LogP contribution is 2.22. The van der Waals surface area contributed by atoms with Crippen molar-refractivity contribution in [1.29, 1.82) is 0 Å². The first-order valence-corrected chi connectivity index (χ1v) is 9.02. The summed E-state index contributed by atoms with van der Waals surface area (Å²) in [6.45, 7) is 1.18. The van der Waals surface area contributed by atoms with Crippen LogP contribution < -0.4 is 0 Å². The quantitative estimate of drug-likeness (QED) is 0.828. The summed E-state index contributed by atoms with van der Waals surface area (Å²) in [7, 11) is -1.22. The van der Waals surface area contributed by atoms with Crippen LogP contribution in [0.2, 0.25) is 0 Å². The van der Waals surface area contributed by atoms with Gasteiger partial charge in [-0.15, -0.1) is 0 Å². The summed E-state index contributed by atoms with van der Waals surface area (Å²) in [4.78, 5) is 8.87. The van der Waals surface area contributed by atoms with Crippen molar-refractivity contribution < 1.29 is 8.42 Å². The van der Waals surface area contributed by atoms with Crippen LogP contribution in [0.4, 0.5) is 0 Å². The van der Waals surface area contributed by atoms with E-state index in [1.807, 2.05) is 13.2 Å². The van der Waals surface area contributed by atoms with Crippen molar-refractivity contribution in [2.24, 2.45) is 13.0 Å². The zero-order chi connectivity index (χ0) is 15.7. The van der Waals surface area contributed by atoms with Crippen molar-refractivity contribution in [2.45, 2.75) is 12.8 Å². The highest BCUT2D eigenvalue weighted by molar-refractivity contribution is 7.88. The molecule has 0 unspecified atom stereocenters. The van der Waals surface area contributed by atoms with Gasteiger partial charge in [-0.05, 0) is 18.8 Å². The average Bonchev–Trinajstić information content (AvgIpc) is 3.08. The Labute approximate surface area is 130 Å². The third-order valence-electron chi connectivity index (χ3n) is 3.92. The highest BCUT2D eigenvalue weighted by atomic mass is 32.2. The first-order valence-electron chi connectivity index (χ1n) is 7.17. The SMILES string of the molecule is Cn1cc(-c2cnc(C[C@H]3CCN(S(C)(=O)=O)C3)cn2)cn1. The van der Waals surface area contributed by atoms with Gasteiger partial charge >= 0.3 is 0 Å². The third-order valence-corrected chi connectivity index (χ3v) is 5.19. The molecular weight excluding hydrogens is 302 g/mol. The number of aromatic nitrogens is 4. The predicted octanol–water partition coefficient (Wildman–Crippen LogP) is 0.701. The van der Waals surface area contributed by atoms with Crippen molar-refractivity contribution in [3.8, 4) is 11.3 Å². The minimum atomic E-state index is -3.08. The van der Waals surface area contributed by atoms with E-state index in [2.05, 4.69) is 15.1 Å². The number of sulfonamides is 1. The lowest BCUT2D eigenvalue weighted by Crippen LogP contribution is -2.27. The van der Waals surface area contributed by atoms with E-state index in [4.69, 9.17) is 0 Å². The number of hydrogen-bond acceptors (Lipinski definition) is 5. The second kappa shape index (κ2) is 5.77. The molecule has 0 aliphatic carbocycles. The minimum absolute atomic E-state index is 0.313. The summed E-state index contributed by atoms with van der Waals surface area (Å²) in [5, 5.41) is 4.12. The zero-order valence-corrected chi connectivity index (χ0v) is 13.5. The average molecular weight is 321 g/mol. The predicted molar refractivity (Wildman–Crippen MR) is 82.5 cm³/mol. The fourth-order valence-corrected chi connectivity index (χ4v) is 3.64. The molecule has 2 aromatic rings. The van der Waals surface area contributed by atoms with Crippen molar-refractivity contribution >= 4 is 10.0 Å². The van der Waals surface area contributed by atoms with E-state index in [1.54, 1.807) is 23.3 Å². The summed E-state index contributed by atoms with van der Waals surface area (Å²) >= 11 is 0. The Morgan fingerprint density at radius 1 is 1.27 bits per heavy atom. The first-order chi connectivity index (χ1) is 10.4. The first kappa shape index (κ1) is 15.1. The summed E-state index contributed by atoms with van der Waals surface area (Å²) in [6, 6.07) is 0. The van der Waals surface area contributed by atoms with Crippen molar-refractivity contribution in [3.05, 3.63) is 30.5 Å². The molecule has 1 aliphatic rings. The van der Waals surface area contributed by atoms with Gasteiger partial charge in [0, 0.05) is 38.1 Å². The fraction of sp³-hybridized carbons (Fsp3) is 0.500. The van der Waals surface area contributed by atoms with Gasteiger partial charge in [-0.2, -0.15) is 5.10 Å². The van der Waals surface area contributed by atoms with Gasteiger partial charge in [0.2, 0.25) is 10.0 Å². The second-order valence-electron chi connectivity index (χ2n) is 5.78. The maximum absolute atomic E-state index is 11.5. The largest absolute Gasteiger partial charge is 0.275 e. The number of hydrogen-bond donors (Lipinski definition) is 0. The number of rotatable bonds is 4. The Kier molecular flexibility index (Phi) is 3.96. The van der Waals surface area contributed by atoms with Crippen LogP contribution in [0.5, 0.6) is 0 Å². The second-order valence-corrected chi connectivity index (χ2v) is 7.76. The molecule has 3 heterocycles. The fourth-order valence-electron chi connectivity index (χ4n) is 2.72. The Balaban J connectivity index is 1.65. The van der Waals surface area contributed by atoms with Gasteiger partial charge < -0.3 is 0 Å². The normalized spacial score (nSPS) is 19.6. The van der Waals surface area contributed by atoms with E-state index in [9.17, 15) is 8.42 Å². The molecule has 0 amide bonds. The van der Waals surface area contributed by atoms with E-state index in [1.165, 1.54) is 10.6 Å². The Morgan fingerprint density at radius 3 is 2.64 bits per heavy atom. The van der Waals surface area contributed by atoms with Gasteiger partial charge in [0.05, 0.1) is 30.0 Å². The van der Waals surface area contributed by atoms with Gasteiger partial charge in [-0.3, -0.25) is 14.6 Å². The molecule has 1 saturated heterocycles. The van der Waals surface area contributed by atoms with E-state index in [0.29, 0.717) is 19.0 Å². The maximum Gasteiger partial charge on any atom is 0.211 e. The van der Waals surface area contributed by atoms with Crippen LogP contribution in [0.3, 0.4) is 0 Å². The molecule has 0 radical (unpaired) electrons. The molecule has 1 atom stereocenters. The molecule has 0 aromatic carbocycles. The van der Waals surface area contributed by atoms with Gasteiger partial charge in [0.25, 0.3) is 0 Å². The molecule has 3 rings (SSSR count). The van der Waals surface area contributed by atoms with Crippen LogP contribution in [-0.4, -0.2) is 51.8 Å². The summed E-state index contributed by atoms with van der Waals surface area (Å²) in [5.41, 5.74) is 2.62. The lowest BCUT2D eigenvalue weighted by molar-refractivity contribution is 0.459. The molecule has 1 aliphatic heterocycles. The number of nitrogens with zero attached hydrogens (tertiary/aromatic N) is 5. The maximum atomic E-state index is 11.5. The standard InChI is InChI=1S/C14H19N5O2S/c1-18-10-12(6-17-18)14-8-15-13(7-16-14)5-11-3-4-19(9-11)22(2,20)21/h6-8,10-11H,3-5,9H2,1-2H3/t11-/m1/s1. The third kappa shape index (κ3) is 3.33. The highest BCUT2D eigenvalue weighted by Gasteiger charge is 2.28. The molecule has 1 fully saturated rings. The summed E-state index contributed by atoms with van der Waals surface area (Å²) in [6.07, 6.45) is 10.1. The Morgan fingerprint density at radius 2 is 2.09 bits per heavy atom. The van der Waals surface area contributed by atoms with E-state index in [0.717, 1.165) is 29.8 Å². The molecule has 2 aromatic heterocycles. The topological polar surface area (TPSA) is 81.0 Å². The van der Waals surface area contributed by atoms with Gasteiger partial charge in [-0.1, -0.05) is 0 Å². The lowest BCUT2D eigenvalue weighted by atomic mass is 10.0. The molecular formula is C14H19N5O2S. The molecule has 0 N–H and O–H groups in total. The summed E-state index contributed by atoms with van der Waals surface area (Å²) < 4.78 is 26.3. The van der Waals surface area contributed by atoms with Crippen LogP contribution in [0, 0.1) is 5.92 Å². The molecule has 7 nitrogen and oxygen atoms in total. The molecule has 118 valence electrons. The van der Waals surface area contributed by atoms with Crippen LogP contribution >= 0.6 is 0 Å². The van der Waals surface area contributed by atoms with Crippen LogP contribution in [0.1, 0.15) is 12.1 Å². The molecule has 22 heavy (non-hydrogen) atoms. The lowest BCUT2D eigenvalue weighted by Gasteiger charge is -2.13. The van der Waals surface area contributed by atoms with E-state index in [-0.39, 0.29) is 0 Å². The van der Waals surface area contributed by atoms with Crippen LogP contribution in [-0.2, 0) is 23.5 Å². The zero-order valence-electron chi connectivity index (χ0n) is 12.7. The Hall–Kier alpha value is -1.80. The van der Waals surface area contributed by atoms with Crippen LogP contribution in [0.15, 0.2) is 24.8 Å². The minimum Gasteiger partial charge on any atom is -0.275 e. The van der Waals surface area contributed by atoms with Gasteiger partial charge in [-0.25, -0.2) is 12.7 Å². The molecule has 0 bridgehead atoms. The summed E-state index contributed by atoms with van der Waals surface area (Å²) in [5.74, 6) is 0.313. The Bertz CT molecular complexity index is 754. The number of aryl methyl sites for hydroxylation is 1. The molecule has 0 spiro atoms. The van der Waals surface area contributed by atoms with Gasteiger partial charge in [0.15, 0.2) is 0 Å². The molecule has 0 saturated carbocycles. The van der Waals surface area contributed by atoms with Gasteiger partial charge in [0.1, 0.15) is 0 Å². The molecule has 8 heteroatoms. The van der Waals surface area contributed by atoms with Crippen molar-refractivity contribution in [2.75, 3.05) is 19.3 Å². The smallest absolute Gasteiger partial charge is 0.211 e. The van der Waals surface area contributed by atoms with E-state index < -0.39 is 10.0 Å². The van der Waals surface area contributed by atoms with Crippen LogP contribution in [0.25, 0.3) is 11.3 Å². The monoisotopic (exact) mass is 321 g/mol. The van der Waals surface area contributed by atoms with E-state index >= 15 is 0 Å².